The summed E-state index contributed by atoms with van der Waals surface area (Å²) in [6, 6.07) is 17.8. The van der Waals surface area contributed by atoms with Crippen LogP contribution in [0.2, 0.25) is 0 Å². The van der Waals surface area contributed by atoms with Gasteiger partial charge in [-0.15, -0.1) is 0 Å². The molecule has 0 heterocycles. The van der Waals surface area contributed by atoms with Crippen LogP contribution in [-0.2, 0) is 0 Å². The zero-order chi connectivity index (χ0) is 18.4. The van der Waals surface area contributed by atoms with Gasteiger partial charge in [0.15, 0.2) is 0 Å². The Hall–Kier alpha value is -3.67. The lowest BCUT2D eigenvalue weighted by atomic mass is 10.1. The molecule has 0 unspecified atom stereocenters. The first-order chi connectivity index (χ1) is 11.9. The van der Waals surface area contributed by atoms with Crippen molar-refractivity contribution >= 4 is 28.7 Å². The molecule has 0 aliphatic rings. The molecule has 0 atom stereocenters. The normalized spacial score (nSPS) is 9.76. The first-order valence-electron chi connectivity index (χ1n) is 7.18. The highest BCUT2D eigenvalue weighted by atomic mass is 16.4. The first-order valence-corrected chi connectivity index (χ1v) is 7.18. The van der Waals surface area contributed by atoms with E-state index in [1.165, 1.54) is 24.3 Å². The van der Waals surface area contributed by atoms with Crippen molar-refractivity contribution in [2.75, 3.05) is 0 Å². The molecule has 0 amide bonds. The molecule has 3 rings (SSSR count). The third-order valence-corrected chi connectivity index (χ3v) is 3.40. The maximum absolute atomic E-state index is 10.8. The fourth-order valence-corrected chi connectivity index (χ4v) is 2.17. The number of rotatable bonds is 3. The van der Waals surface area contributed by atoms with Crippen molar-refractivity contribution in [1.29, 1.82) is 0 Å². The van der Waals surface area contributed by atoms with Crippen LogP contribution >= 0.6 is 0 Å². The second kappa shape index (κ2) is 7.74. The minimum atomic E-state index is -1.06. The summed E-state index contributed by atoms with van der Waals surface area (Å²) in [5.74, 6) is -3.00. The topological polar surface area (TPSA) is 112 Å². The van der Waals surface area contributed by atoms with Crippen molar-refractivity contribution < 1.29 is 29.7 Å². The number of hydrogen-bond acceptors (Lipinski definition) is 3. The Kier molecular flexibility index (Phi) is 5.47. The van der Waals surface area contributed by atoms with Crippen LogP contribution in [0.25, 0.3) is 10.8 Å². The van der Waals surface area contributed by atoms with Gasteiger partial charge in [0.1, 0.15) is 0 Å². The first kappa shape index (κ1) is 17.7. The lowest BCUT2D eigenvalue weighted by Gasteiger charge is -2.00. The predicted molar refractivity (Wildman–Crippen MR) is 91.3 cm³/mol. The van der Waals surface area contributed by atoms with Crippen molar-refractivity contribution in [3.8, 4) is 0 Å². The highest BCUT2D eigenvalue weighted by Gasteiger charge is 2.06. The van der Waals surface area contributed by atoms with E-state index in [1.54, 1.807) is 12.1 Å². The molecular formula is C19H14O6. The van der Waals surface area contributed by atoms with Gasteiger partial charge in [-0.25, -0.2) is 14.4 Å². The van der Waals surface area contributed by atoms with Crippen molar-refractivity contribution in [1.82, 2.24) is 0 Å². The summed E-state index contributed by atoms with van der Waals surface area (Å²) in [5, 5.41) is 27.6. The maximum atomic E-state index is 10.8. The summed E-state index contributed by atoms with van der Waals surface area (Å²) >= 11 is 0. The van der Waals surface area contributed by atoms with Gasteiger partial charge in [-0.1, -0.05) is 36.4 Å². The molecule has 0 saturated carbocycles. The molecule has 0 aromatic heterocycles. The van der Waals surface area contributed by atoms with Crippen molar-refractivity contribution in [2.24, 2.45) is 0 Å². The van der Waals surface area contributed by atoms with Gasteiger partial charge >= 0.3 is 17.9 Å². The van der Waals surface area contributed by atoms with E-state index in [0.717, 1.165) is 10.8 Å². The van der Waals surface area contributed by atoms with Crippen molar-refractivity contribution in [2.45, 2.75) is 0 Å². The molecule has 0 fully saturated rings. The second-order valence-corrected chi connectivity index (χ2v) is 5.02. The Balaban J connectivity index is 0.000000181. The van der Waals surface area contributed by atoms with E-state index in [9.17, 15) is 14.4 Å². The number of fused-ring (bicyclic) bond motifs is 1. The minimum absolute atomic E-state index is 0.0833. The standard InChI is InChI=1S/C11H8O2.C8H6O4/c12-11(13)10-7-3-5-8-4-1-2-6-9(8)10;9-7(10)5-1-2-6(4-3-5)8(11)12/h1-7H,(H,12,13);1-4H,(H,9,10)(H,11,12). The van der Waals surface area contributed by atoms with Crippen LogP contribution in [0.4, 0.5) is 0 Å². The van der Waals surface area contributed by atoms with E-state index in [4.69, 9.17) is 15.3 Å². The number of carboxylic acid groups (broad SMARTS) is 3. The van der Waals surface area contributed by atoms with E-state index in [1.807, 2.05) is 30.3 Å². The van der Waals surface area contributed by atoms with Crippen LogP contribution in [0, 0.1) is 0 Å². The van der Waals surface area contributed by atoms with Gasteiger partial charge in [-0.2, -0.15) is 0 Å². The van der Waals surface area contributed by atoms with Gasteiger partial charge in [0.05, 0.1) is 16.7 Å². The Morgan fingerprint density at radius 2 is 1.04 bits per heavy atom. The van der Waals surface area contributed by atoms with Gasteiger partial charge < -0.3 is 15.3 Å². The predicted octanol–water partition coefficient (Wildman–Crippen LogP) is 3.62. The summed E-state index contributed by atoms with van der Waals surface area (Å²) in [6.45, 7) is 0. The molecule has 0 bridgehead atoms. The van der Waals surface area contributed by atoms with Gasteiger partial charge in [-0.05, 0) is 41.1 Å². The third-order valence-electron chi connectivity index (χ3n) is 3.40. The van der Waals surface area contributed by atoms with Crippen LogP contribution in [0.5, 0.6) is 0 Å². The van der Waals surface area contributed by atoms with Gasteiger partial charge in [0.2, 0.25) is 0 Å². The molecule has 3 aromatic carbocycles. The van der Waals surface area contributed by atoms with Crippen LogP contribution < -0.4 is 0 Å². The van der Waals surface area contributed by atoms with E-state index >= 15 is 0 Å². The molecule has 6 heteroatoms. The third kappa shape index (κ3) is 4.42. The van der Waals surface area contributed by atoms with Crippen molar-refractivity contribution in [3.05, 3.63) is 83.4 Å². The van der Waals surface area contributed by atoms with Crippen LogP contribution in [-0.4, -0.2) is 33.2 Å². The largest absolute Gasteiger partial charge is 0.478 e. The Labute approximate surface area is 142 Å². The van der Waals surface area contributed by atoms with Crippen LogP contribution in [0.3, 0.4) is 0 Å². The van der Waals surface area contributed by atoms with E-state index in [-0.39, 0.29) is 11.1 Å². The highest BCUT2D eigenvalue weighted by molar-refractivity contribution is 6.03. The molecule has 6 nitrogen and oxygen atoms in total. The molecule has 0 aliphatic carbocycles. The molecule has 0 radical (unpaired) electrons. The zero-order valence-corrected chi connectivity index (χ0v) is 12.9. The van der Waals surface area contributed by atoms with E-state index in [0.29, 0.717) is 5.56 Å². The maximum Gasteiger partial charge on any atom is 0.336 e. The highest BCUT2D eigenvalue weighted by Crippen LogP contribution is 2.17. The van der Waals surface area contributed by atoms with E-state index < -0.39 is 17.9 Å². The Morgan fingerprint density at radius 1 is 0.560 bits per heavy atom. The molecule has 25 heavy (non-hydrogen) atoms. The molecular weight excluding hydrogens is 324 g/mol. The zero-order valence-electron chi connectivity index (χ0n) is 12.9. The summed E-state index contributed by atoms with van der Waals surface area (Å²) < 4.78 is 0. The van der Waals surface area contributed by atoms with E-state index in [2.05, 4.69) is 0 Å². The number of carbonyl (C=O) groups is 3. The molecule has 0 spiro atoms. The average Bonchev–Trinajstić information content (AvgIpc) is 2.61. The minimum Gasteiger partial charge on any atom is -0.478 e. The quantitative estimate of drug-likeness (QED) is 0.672. The van der Waals surface area contributed by atoms with Gasteiger partial charge in [-0.3, -0.25) is 0 Å². The summed E-state index contributed by atoms with van der Waals surface area (Å²) in [4.78, 5) is 31.5. The smallest absolute Gasteiger partial charge is 0.336 e. The monoisotopic (exact) mass is 338 g/mol. The van der Waals surface area contributed by atoms with Gasteiger partial charge in [0, 0.05) is 0 Å². The number of aromatic carboxylic acids is 3. The lowest BCUT2D eigenvalue weighted by molar-refractivity contribution is 0.0681. The fraction of sp³-hybridized carbons (Fsp3) is 0. The summed E-state index contributed by atoms with van der Waals surface area (Å²) in [5.41, 5.74) is 0.526. The van der Waals surface area contributed by atoms with Crippen LogP contribution in [0.1, 0.15) is 31.1 Å². The SMILES string of the molecule is O=C(O)c1ccc(C(=O)O)cc1.O=C(O)c1cccc2ccccc12. The fourth-order valence-electron chi connectivity index (χ4n) is 2.17. The van der Waals surface area contributed by atoms with Crippen LogP contribution in [0.15, 0.2) is 66.7 Å². The number of carboxylic acids is 3. The molecule has 126 valence electrons. The molecule has 0 aliphatic heterocycles. The molecule has 3 N–H and O–H groups in total. The Morgan fingerprint density at radius 3 is 1.52 bits per heavy atom. The molecule has 0 saturated heterocycles. The second-order valence-electron chi connectivity index (χ2n) is 5.02. The van der Waals surface area contributed by atoms with Crippen molar-refractivity contribution in [3.63, 3.8) is 0 Å². The van der Waals surface area contributed by atoms with Gasteiger partial charge in [0.25, 0.3) is 0 Å². The summed E-state index contributed by atoms with van der Waals surface area (Å²) in [7, 11) is 0. The number of hydrogen-bond donors (Lipinski definition) is 3. The average molecular weight is 338 g/mol. The summed E-state index contributed by atoms with van der Waals surface area (Å²) in [6.07, 6.45) is 0. The molecule has 3 aromatic rings. The lowest BCUT2D eigenvalue weighted by Crippen LogP contribution is -1.99. The number of benzene rings is 3. The Bertz CT molecular complexity index is 890.